The Balaban J connectivity index is 1.72. The van der Waals surface area contributed by atoms with Crippen LogP contribution in [0.1, 0.15) is 24.1 Å². The Kier molecular flexibility index (Phi) is 5.41. The van der Waals surface area contributed by atoms with Gasteiger partial charge in [-0.1, -0.05) is 36.4 Å². The van der Waals surface area contributed by atoms with Gasteiger partial charge in [-0.2, -0.15) is 0 Å². The summed E-state index contributed by atoms with van der Waals surface area (Å²) < 4.78 is 11.0. The van der Waals surface area contributed by atoms with E-state index in [9.17, 15) is 14.7 Å². The van der Waals surface area contributed by atoms with Gasteiger partial charge in [0.2, 0.25) is 5.91 Å². The topological polar surface area (TPSA) is 84.9 Å². The highest BCUT2D eigenvalue weighted by atomic mass is 16.6. The predicted octanol–water partition coefficient (Wildman–Crippen LogP) is 2.58. The minimum Gasteiger partial charge on any atom is -0.486 e. The number of carboxylic acids is 1. The molecular formula is C20H21NO5. The second-order valence-electron chi connectivity index (χ2n) is 6.24. The summed E-state index contributed by atoms with van der Waals surface area (Å²) in [5.74, 6) is -0.661. The lowest BCUT2D eigenvalue weighted by atomic mass is 9.94. The fourth-order valence-corrected chi connectivity index (χ4v) is 2.91. The first-order valence-corrected chi connectivity index (χ1v) is 8.50. The second-order valence-corrected chi connectivity index (χ2v) is 6.24. The molecule has 2 N–H and O–H groups in total. The van der Waals surface area contributed by atoms with Crippen molar-refractivity contribution in [1.82, 2.24) is 5.32 Å². The van der Waals surface area contributed by atoms with Gasteiger partial charge in [-0.3, -0.25) is 9.59 Å². The van der Waals surface area contributed by atoms with Crippen molar-refractivity contribution in [2.75, 3.05) is 13.2 Å². The van der Waals surface area contributed by atoms with E-state index in [1.807, 2.05) is 36.4 Å². The summed E-state index contributed by atoms with van der Waals surface area (Å²) >= 11 is 0. The van der Waals surface area contributed by atoms with Crippen molar-refractivity contribution in [1.29, 1.82) is 0 Å². The van der Waals surface area contributed by atoms with Crippen LogP contribution in [0.15, 0.2) is 48.5 Å². The molecule has 0 spiro atoms. The Morgan fingerprint density at radius 1 is 1.08 bits per heavy atom. The summed E-state index contributed by atoms with van der Waals surface area (Å²) in [7, 11) is 0. The van der Waals surface area contributed by atoms with Gasteiger partial charge in [0.05, 0.1) is 18.4 Å². The molecule has 1 amide bonds. The number of ether oxygens (including phenoxy) is 2. The van der Waals surface area contributed by atoms with Crippen LogP contribution in [0.5, 0.6) is 11.5 Å². The number of carbonyl (C=O) groups excluding carboxylic acids is 1. The zero-order chi connectivity index (χ0) is 18.5. The van der Waals surface area contributed by atoms with E-state index in [1.54, 1.807) is 19.1 Å². The van der Waals surface area contributed by atoms with E-state index in [0.717, 1.165) is 11.1 Å². The maximum Gasteiger partial charge on any atom is 0.308 e. The van der Waals surface area contributed by atoms with Crippen LogP contribution in [0, 0.1) is 5.92 Å². The molecule has 0 aliphatic carbocycles. The highest BCUT2D eigenvalue weighted by molar-refractivity contribution is 5.80. The number of amides is 1. The van der Waals surface area contributed by atoms with E-state index in [4.69, 9.17) is 9.47 Å². The molecule has 1 aliphatic heterocycles. The Bertz CT molecular complexity index is 790. The van der Waals surface area contributed by atoms with Crippen LogP contribution in [-0.4, -0.2) is 30.2 Å². The summed E-state index contributed by atoms with van der Waals surface area (Å²) in [6.45, 7) is 2.58. The first-order chi connectivity index (χ1) is 12.5. The molecule has 2 aromatic carbocycles. The first-order valence-electron chi connectivity index (χ1n) is 8.50. The Morgan fingerprint density at radius 2 is 1.77 bits per heavy atom. The fraction of sp³-hybridized carbons (Fsp3) is 0.300. The molecule has 0 saturated heterocycles. The molecule has 2 atom stereocenters. The molecule has 136 valence electrons. The lowest BCUT2D eigenvalue weighted by Crippen LogP contribution is -2.36. The summed E-state index contributed by atoms with van der Waals surface area (Å²) in [6.07, 6.45) is 0.131. The van der Waals surface area contributed by atoms with Gasteiger partial charge in [0, 0.05) is 0 Å². The number of carboxylic acid groups (broad SMARTS) is 1. The highest BCUT2D eigenvalue weighted by Gasteiger charge is 2.26. The van der Waals surface area contributed by atoms with Crippen molar-refractivity contribution in [2.24, 2.45) is 5.92 Å². The van der Waals surface area contributed by atoms with Crippen LogP contribution >= 0.6 is 0 Å². The molecule has 0 fully saturated rings. The minimum absolute atomic E-state index is 0.131. The third-order valence-electron chi connectivity index (χ3n) is 4.34. The number of rotatable bonds is 6. The first kappa shape index (κ1) is 17.8. The largest absolute Gasteiger partial charge is 0.486 e. The van der Waals surface area contributed by atoms with Crippen molar-refractivity contribution in [3.05, 3.63) is 59.7 Å². The van der Waals surface area contributed by atoms with E-state index in [1.165, 1.54) is 0 Å². The van der Waals surface area contributed by atoms with E-state index >= 15 is 0 Å². The molecule has 0 bridgehead atoms. The Hall–Kier alpha value is -3.02. The van der Waals surface area contributed by atoms with Crippen LogP contribution < -0.4 is 14.8 Å². The quantitative estimate of drug-likeness (QED) is 0.832. The van der Waals surface area contributed by atoms with E-state index in [-0.39, 0.29) is 12.3 Å². The molecule has 0 aromatic heterocycles. The summed E-state index contributed by atoms with van der Waals surface area (Å²) in [5.41, 5.74) is 1.54. The summed E-state index contributed by atoms with van der Waals surface area (Å²) in [4.78, 5) is 23.9. The SMILES string of the molecule is CC(C(=O)O)C(NC(=O)Cc1ccc2c(c1)OCCO2)c1ccccc1. The van der Waals surface area contributed by atoms with Crippen molar-refractivity contribution in [3.63, 3.8) is 0 Å². The maximum absolute atomic E-state index is 12.5. The zero-order valence-electron chi connectivity index (χ0n) is 14.5. The fourth-order valence-electron chi connectivity index (χ4n) is 2.91. The number of hydrogen-bond donors (Lipinski definition) is 2. The average Bonchev–Trinajstić information content (AvgIpc) is 2.66. The number of aliphatic carboxylic acids is 1. The molecule has 0 saturated carbocycles. The number of nitrogens with one attached hydrogen (secondary N) is 1. The molecule has 6 heteroatoms. The molecule has 1 aliphatic rings. The molecular weight excluding hydrogens is 334 g/mol. The molecule has 1 heterocycles. The van der Waals surface area contributed by atoms with Gasteiger partial charge >= 0.3 is 5.97 Å². The number of hydrogen-bond acceptors (Lipinski definition) is 4. The summed E-state index contributed by atoms with van der Waals surface area (Å²) in [5, 5.41) is 12.2. The Labute approximate surface area is 151 Å². The monoisotopic (exact) mass is 355 g/mol. The van der Waals surface area contributed by atoms with E-state index in [0.29, 0.717) is 24.7 Å². The van der Waals surface area contributed by atoms with E-state index < -0.39 is 17.9 Å². The third-order valence-corrected chi connectivity index (χ3v) is 4.34. The van der Waals surface area contributed by atoms with Crippen molar-refractivity contribution in [2.45, 2.75) is 19.4 Å². The van der Waals surface area contributed by atoms with Gasteiger partial charge in [0.25, 0.3) is 0 Å². The van der Waals surface area contributed by atoms with Crippen molar-refractivity contribution in [3.8, 4) is 11.5 Å². The predicted molar refractivity (Wildman–Crippen MR) is 95.3 cm³/mol. The molecule has 26 heavy (non-hydrogen) atoms. The van der Waals surface area contributed by atoms with Crippen molar-refractivity contribution < 1.29 is 24.2 Å². The third kappa shape index (κ3) is 4.14. The maximum atomic E-state index is 12.5. The van der Waals surface area contributed by atoms with Crippen LogP contribution in [0.4, 0.5) is 0 Å². The highest BCUT2D eigenvalue weighted by Crippen LogP contribution is 2.31. The normalized spacial score (nSPS) is 15.0. The zero-order valence-corrected chi connectivity index (χ0v) is 14.5. The summed E-state index contributed by atoms with van der Waals surface area (Å²) in [6, 6.07) is 13.9. The van der Waals surface area contributed by atoms with Crippen LogP contribution in [0.3, 0.4) is 0 Å². The lowest BCUT2D eigenvalue weighted by Gasteiger charge is -2.23. The van der Waals surface area contributed by atoms with Crippen LogP contribution in [0.25, 0.3) is 0 Å². The van der Waals surface area contributed by atoms with Gasteiger partial charge in [0.1, 0.15) is 13.2 Å². The van der Waals surface area contributed by atoms with Crippen molar-refractivity contribution >= 4 is 11.9 Å². The number of carbonyl (C=O) groups is 2. The molecule has 2 aromatic rings. The lowest BCUT2D eigenvalue weighted by molar-refractivity contribution is -0.142. The molecule has 2 unspecified atom stereocenters. The van der Waals surface area contributed by atoms with Gasteiger partial charge in [0.15, 0.2) is 11.5 Å². The van der Waals surface area contributed by atoms with Crippen LogP contribution in [-0.2, 0) is 16.0 Å². The standard InChI is InChI=1S/C20H21NO5/c1-13(20(23)24)19(15-5-3-2-4-6-15)21-18(22)12-14-7-8-16-17(11-14)26-10-9-25-16/h2-8,11,13,19H,9-10,12H2,1H3,(H,21,22)(H,23,24). The number of fused-ring (bicyclic) bond motifs is 1. The second kappa shape index (κ2) is 7.91. The Morgan fingerprint density at radius 3 is 2.46 bits per heavy atom. The number of benzene rings is 2. The molecule has 3 rings (SSSR count). The molecule has 0 radical (unpaired) electrons. The van der Waals surface area contributed by atoms with Gasteiger partial charge in [-0.05, 0) is 30.2 Å². The smallest absolute Gasteiger partial charge is 0.308 e. The van der Waals surface area contributed by atoms with Gasteiger partial charge in [-0.15, -0.1) is 0 Å². The van der Waals surface area contributed by atoms with Gasteiger partial charge in [-0.25, -0.2) is 0 Å². The van der Waals surface area contributed by atoms with Crippen LogP contribution in [0.2, 0.25) is 0 Å². The minimum atomic E-state index is -0.960. The average molecular weight is 355 g/mol. The van der Waals surface area contributed by atoms with E-state index in [2.05, 4.69) is 5.32 Å². The molecule has 6 nitrogen and oxygen atoms in total. The van der Waals surface area contributed by atoms with Gasteiger partial charge < -0.3 is 19.9 Å².